The van der Waals surface area contributed by atoms with Gasteiger partial charge in [-0.2, -0.15) is 0 Å². The lowest BCUT2D eigenvalue weighted by Gasteiger charge is -2.07. The Bertz CT molecular complexity index is 545. The van der Waals surface area contributed by atoms with E-state index in [9.17, 15) is 0 Å². The minimum atomic E-state index is 0.563. The first kappa shape index (κ1) is 16.1. The lowest BCUT2D eigenvalue weighted by Crippen LogP contribution is -2.13. The minimum absolute atomic E-state index is 0.563. The number of hydrogen-bond donors (Lipinski definition) is 1. The van der Waals surface area contributed by atoms with E-state index in [4.69, 9.17) is 9.15 Å². The zero-order chi connectivity index (χ0) is 15.1. The molecule has 0 saturated carbocycles. The summed E-state index contributed by atoms with van der Waals surface area (Å²) >= 11 is 0. The number of para-hydroxylation sites is 1. The molecular weight excluding hydrogens is 262 g/mol. The molecular formula is C18H27NO2. The second-order valence-corrected chi connectivity index (χ2v) is 5.87. The fraction of sp³-hybridized carbons (Fsp3) is 0.556. The predicted octanol–water partition coefficient (Wildman–Crippen LogP) is 4.50. The molecule has 0 saturated heterocycles. The third kappa shape index (κ3) is 4.58. The number of fused-ring (bicyclic) bond motifs is 1. The van der Waals surface area contributed by atoms with Crippen molar-refractivity contribution in [1.82, 2.24) is 5.32 Å². The highest BCUT2D eigenvalue weighted by Crippen LogP contribution is 2.26. The molecule has 3 nitrogen and oxygen atoms in total. The zero-order valence-electron chi connectivity index (χ0n) is 13.4. The van der Waals surface area contributed by atoms with Gasteiger partial charge in [0.15, 0.2) is 0 Å². The summed E-state index contributed by atoms with van der Waals surface area (Å²) in [6.07, 6.45) is 2.32. The highest BCUT2D eigenvalue weighted by atomic mass is 16.5. The summed E-state index contributed by atoms with van der Waals surface area (Å²) in [6.45, 7) is 9.75. The van der Waals surface area contributed by atoms with E-state index in [1.807, 2.05) is 12.1 Å². The van der Waals surface area contributed by atoms with Gasteiger partial charge in [-0.3, -0.25) is 0 Å². The molecule has 1 heterocycles. The summed E-state index contributed by atoms with van der Waals surface area (Å²) in [5.74, 6) is 1.70. The molecule has 0 aliphatic carbocycles. The number of furan rings is 1. The first-order chi connectivity index (χ1) is 10.2. The molecule has 3 heteroatoms. The van der Waals surface area contributed by atoms with Crippen LogP contribution in [-0.2, 0) is 17.9 Å². The maximum atomic E-state index is 5.96. The molecule has 0 radical (unpaired) electrons. The molecule has 116 valence electrons. The van der Waals surface area contributed by atoms with Crippen LogP contribution in [0.3, 0.4) is 0 Å². The molecule has 1 aromatic heterocycles. The normalized spacial score (nSPS) is 11.6. The Kier molecular flexibility index (Phi) is 6.27. The number of nitrogens with one attached hydrogen (secondary N) is 1. The molecule has 0 spiro atoms. The van der Waals surface area contributed by atoms with Gasteiger partial charge in [-0.1, -0.05) is 39.0 Å². The van der Waals surface area contributed by atoms with Crippen molar-refractivity contribution in [2.45, 2.75) is 46.8 Å². The van der Waals surface area contributed by atoms with Crippen LogP contribution in [0.1, 0.15) is 44.9 Å². The van der Waals surface area contributed by atoms with Gasteiger partial charge in [0.25, 0.3) is 0 Å². The van der Waals surface area contributed by atoms with Crippen molar-refractivity contribution >= 4 is 11.0 Å². The maximum absolute atomic E-state index is 5.96. The van der Waals surface area contributed by atoms with Gasteiger partial charge >= 0.3 is 0 Å². The van der Waals surface area contributed by atoms with Crippen LogP contribution in [0.5, 0.6) is 0 Å². The highest BCUT2D eigenvalue weighted by Gasteiger charge is 2.13. The van der Waals surface area contributed by atoms with Crippen LogP contribution in [0.25, 0.3) is 11.0 Å². The smallest absolute Gasteiger partial charge is 0.135 e. The quantitative estimate of drug-likeness (QED) is 0.690. The first-order valence-corrected chi connectivity index (χ1v) is 8.00. The largest absolute Gasteiger partial charge is 0.458 e. The monoisotopic (exact) mass is 289 g/mol. The van der Waals surface area contributed by atoms with Gasteiger partial charge in [0.05, 0.1) is 0 Å². The van der Waals surface area contributed by atoms with E-state index in [-0.39, 0.29) is 0 Å². The van der Waals surface area contributed by atoms with E-state index < -0.39 is 0 Å². The Balaban J connectivity index is 2.00. The fourth-order valence-electron chi connectivity index (χ4n) is 2.47. The summed E-state index contributed by atoms with van der Waals surface area (Å²) in [4.78, 5) is 0. The van der Waals surface area contributed by atoms with E-state index in [1.165, 1.54) is 17.4 Å². The van der Waals surface area contributed by atoms with Crippen LogP contribution in [0, 0.1) is 5.92 Å². The Morgan fingerprint density at radius 2 is 2.05 bits per heavy atom. The van der Waals surface area contributed by atoms with Gasteiger partial charge in [-0.25, -0.2) is 0 Å². The van der Waals surface area contributed by atoms with Crippen molar-refractivity contribution in [3.63, 3.8) is 0 Å². The van der Waals surface area contributed by atoms with Crippen molar-refractivity contribution in [2.75, 3.05) is 13.2 Å². The van der Waals surface area contributed by atoms with E-state index in [0.717, 1.165) is 43.4 Å². The molecule has 2 rings (SSSR count). The van der Waals surface area contributed by atoms with Crippen LogP contribution >= 0.6 is 0 Å². The number of benzene rings is 1. The van der Waals surface area contributed by atoms with Gasteiger partial charge in [-0.15, -0.1) is 0 Å². The standard InChI is InChI=1S/C18H27NO2/c1-4-19-12-16-15-9-5-6-10-17(15)21-18(16)13-20-11-7-8-14(2)3/h5-6,9-10,14,19H,4,7-8,11-13H2,1-3H3. The lowest BCUT2D eigenvalue weighted by atomic mass is 10.1. The van der Waals surface area contributed by atoms with Crippen LogP contribution < -0.4 is 5.32 Å². The molecule has 0 bridgehead atoms. The third-order valence-corrected chi connectivity index (χ3v) is 3.64. The average molecular weight is 289 g/mol. The third-order valence-electron chi connectivity index (χ3n) is 3.64. The van der Waals surface area contributed by atoms with E-state index in [2.05, 4.69) is 38.2 Å². The van der Waals surface area contributed by atoms with Gasteiger partial charge in [0, 0.05) is 24.1 Å². The van der Waals surface area contributed by atoms with Gasteiger partial charge < -0.3 is 14.5 Å². The van der Waals surface area contributed by atoms with E-state index in [1.54, 1.807) is 0 Å². The summed E-state index contributed by atoms with van der Waals surface area (Å²) in [6, 6.07) is 8.21. The van der Waals surface area contributed by atoms with Crippen LogP contribution in [-0.4, -0.2) is 13.2 Å². The summed E-state index contributed by atoms with van der Waals surface area (Å²) in [5.41, 5.74) is 2.18. The van der Waals surface area contributed by atoms with Crippen molar-refractivity contribution < 1.29 is 9.15 Å². The van der Waals surface area contributed by atoms with Crippen LogP contribution in [0.4, 0.5) is 0 Å². The second-order valence-electron chi connectivity index (χ2n) is 5.87. The number of rotatable bonds is 9. The maximum Gasteiger partial charge on any atom is 0.135 e. The molecule has 1 aromatic carbocycles. The SMILES string of the molecule is CCNCc1c(COCCCC(C)C)oc2ccccc12. The fourth-order valence-corrected chi connectivity index (χ4v) is 2.47. The van der Waals surface area contributed by atoms with Crippen molar-refractivity contribution in [1.29, 1.82) is 0 Å². The van der Waals surface area contributed by atoms with Crippen molar-refractivity contribution in [3.8, 4) is 0 Å². The van der Waals surface area contributed by atoms with E-state index in [0.29, 0.717) is 6.61 Å². The Hall–Kier alpha value is -1.32. The minimum Gasteiger partial charge on any atom is -0.458 e. The summed E-state index contributed by atoms with van der Waals surface area (Å²) in [7, 11) is 0. The molecule has 0 unspecified atom stereocenters. The molecule has 0 aliphatic heterocycles. The van der Waals surface area contributed by atoms with Gasteiger partial charge in [0.1, 0.15) is 18.0 Å². The molecule has 0 aliphatic rings. The zero-order valence-corrected chi connectivity index (χ0v) is 13.4. The molecule has 21 heavy (non-hydrogen) atoms. The second kappa shape index (κ2) is 8.20. The molecule has 0 amide bonds. The molecule has 0 fully saturated rings. The Morgan fingerprint density at radius 1 is 1.24 bits per heavy atom. The van der Waals surface area contributed by atoms with Gasteiger partial charge in [0.2, 0.25) is 0 Å². The summed E-state index contributed by atoms with van der Waals surface area (Å²) < 4.78 is 11.8. The van der Waals surface area contributed by atoms with Crippen LogP contribution in [0.15, 0.2) is 28.7 Å². The first-order valence-electron chi connectivity index (χ1n) is 8.00. The Morgan fingerprint density at radius 3 is 2.81 bits per heavy atom. The molecule has 2 aromatic rings. The highest BCUT2D eigenvalue weighted by molar-refractivity contribution is 5.82. The summed E-state index contributed by atoms with van der Waals surface area (Å²) in [5, 5.41) is 4.58. The lowest BCUT2D eigenvalue weighted by molar-refractivity contribution is 0.101. The van der Waals surface area contributed by atoms with E-state index >= 15 is 0 Å². The van der Waals surface area contributed by atoms with Crippen molar-refractivity contribution in [2.24, 2.45) is 5.92 Å². The van der Waals surface area contributed by atoms with Crippen LogP contribution in [0.2, 0.25) is 0 Å². The topological polar surface area (TPSA) is 34.4 Å². The average Bonchev–Trinajstić information content (AvgIpc) is 2.82. The van der Waals surface area contributed by atoms with Crippen molar-refractivity contribution in [3.05, 3.63) is 35.6 Å². The van der Waals surface area contributed by atoms with Gasteiger partial charge in [-0.05, 0) is 31.4 Å². The number of hydrogen-bond acceptors (Lipinski definition) is 3. The number of ether oxygens (including phenoxy) is 1. The molecule has 0 atom stereocenters. The molecule has 1 N–H and O–H groups in total. The Labute approximate surface area is 127 Å². The predicted molar refractivity (Wildman–Crippen MR) is 87.3 cm³/mol.